The van der Waals surface area contributed by atoms with Gasteiger partial charge in [-0.05, 0) is 67.6 Å². The monoisotopic (exact) mass is 520 g/mol. The minimum Gasteiger partial charge on any atom is -0.484 e. The van der Waals surface area contributed by atoms with Gasteiger partial charge in [-0.3, -0.25) is 9.59 Å². The van der Waals surface area contributed by atoms with Gasteiger partial charge in [0.25, 0.3) is 5.91 Å². The second kappa shape index (κ2) is 12.8. The molecule has 3 aromatic carbocycles. The summed E-state index contributed by atoms with van der Waals surface area (Å²) in [4.78, 5) is 28.8. The van der Waals surface area contributed by atoms with E-state index < -0.39 is 11.6 Å². The summed E-state index contributed by atoms with van der Waals surface area (Å²) >= 11 is 6.09. The van der Waals surface area contributed by atoms with E-state index in [9.17, 15) is 9.59 Å². The molecular formula is C31H37ClN2O3. The molecule has 3 aromatic rings. The van der Waals surface area contributed by atoms with Crippen LogP contribution in [0.5, 0.6) is 5.75 Å². The second-order valence-corrected chi connectivity index (χ2v) is 11.0. The molecule has 0 aliphatic carbocycles. The number of rotatable bonds is 10. The maximum Gasteiger partial charge on any atom is 0.261 e. The highest BCUT2D eigenvalue weighted by Gasteiger charge is 2.32. The molecule has 5 nitrogen and oxygen atoms in total. The van der Waals surface area contributed by atoms with E-state index >= 15 is 0 Å². The Bertz CT molecular complexity index is 1150. The Labute approximate surface area is 225 Å². The standard InChI is InChI=1S/C31H37ClN2O3/c1-22(2)25-13-17-27(18-14-25)37-21-29(35)34(20-24-11-15-26(32)16-12-24)28(30(36)33-31(3,4)5)19-23-9-7-6-8-10-23/h6-18,22,28H,19-21H2,1-5H3,(H,33,36)/t28-/m0/s1. The Morgan fingerprint density at radius 2 is 1.51 bits per heavy atom. The van der Waals surface area contributed by atoms with Crippen LogP contribution in [0.1, 0.15) is 57.2 Å². The number of carbonyl (C=O) groups excluding carboxylic acids is 2. The van der Waals surface area contributed by atoms with Crippen LogP contribution in [-0.4, -0.2) is 34.9 Å². The molecule has 37 heavy (non-hydrogen) atoms. The summed E-state index contributed by atoms with van der Waals surface area (Å²) < 4.78 is 5.88. The van der Waals surface area contributed by atoms with Crippen molar-refractivity contribution in [3.8, 4) is 5.75 Å². The first-order chi connectivity index (χ1) is 17.5. The predicted molar refractivity (Wildman–Crippen MR) is 150 cm³/mol. The van der Waals surface area contributed by atoms with Crippen LogP contribution in [0.25, 0.3) is 0 Å². The zero-order valence-electron chi connectivity index (χ0n) is 22.3. The third kappa shape index (κ3) is 8.94. The third-order valence-corrected chi connectivity index (χ3v) is 6.20. The Kier molecular flexibility index (Phi) is 9.76. The van der Waals surface area contributed by atoms with Crippen molar-refractivity contribution in [1.29, 1.82) is 0 Å². The van der Waals surface area contributed by atoms with Gasteiger partial charge in [0, 0.05) is 23.5 Å². The third-order valence-electron chi connectivity index (χ3n) is 5.94. The predicted octanol–water partition coefficient (Wildman–Crippen LogP) is 6.40. The molecule has 1 N–H and O–H groups in total. The summed E-state index contributed by atoms with van der Waals surface area (Å²) in [6, 6.07) is 24.1. The van der Waals surface area contributed by atoms with E-state index in [1.807, 2.05) is 87.5 Å². The molecule has 0 spiro atoms. The van der Waals surface area contributed by atoms with E-state index in [4.69, 9.17) is 16.3 Å². The van der Waals surface area contributed by atoms with Gasteiger partial charge >= 0.3 is 0 Å². The zero-order chi connectivity index (χ0) is 27.0. The Morgan fingerprint density at radius 1 is 0.892 bits per heavy atom. The highest BCUT2D eigenvalue weighted by Crippen LogP contribution is 2.20. The number of ether oxygens (including phenoxy) is 1. The van der Waals surface area contributed by atoms with Crippen LogP contribution in [0.4, 0.5) is 0 Å². The van der Waals surface area contributed by atoms with Gasteiger partial charge in [-0.1, -0.05) is 80.0 Å². The smallest absolute Gasteiger partial charge is 0.261 e. The summed E-state index contributed by atoms with van der Waals surface area (Å²) in [6.45, 7) is 10.1. The molecule has 0 fully saturated rings. The van der Waals surface area contributed by atoms with Gasteiger partial charge in [0.05, 0.1) is 0 Å². The van der Waals surface area contributed by atoms with E-state index in [1.54, 1.807) is 17.0 Å². The van der Waals surface area contributed by atoms with E-state index in [0.29, 0.717) is 23.1 Å². The quantitative estimate of drug-likeness (QED) is 0.336. The minimum atomic E-state index is -0.725. The number of nitrogens with zero attached hydrogens (tertiary/aromatic N) is 1. The van der Waals surface area contributed by atoms with Crippen molar-refractivity contribution in [1.82, 2.24) is 10.2 Å². The molecule has 0 aromatic heterocycles. The lowest BCUT2D eigenvalue weighted by molar-refractivity contribution is -0.143. The fourth-order valence-corrected chi connectivity index (χ4v) is 4.10. The Morgan fingerprint density at radius 3 is 2.08 bits per heavy atom. The first-order valence-corrected chi connectivity index (χ1v) is 13.0. The second-order valence-electron chi connectivity index (χ2n) is 10.6. The molecule has 0 saturated carbocycles. The lowest BCUT2D eigenvalue weighted by Gasteiger charge is -2.33. The minimum absolute atomic E-state index is 0.178. The summed E-state index contributed by atoms with van der Waals surface area (Å²) in [7, 11) is 0. The van der Waals surface area contributed by atoms with Crippen molar-refractivity contribution in [2.45, 2.75) is 65.1 Å². The van der Waals surface area contributed by atoms with Crippen LogP contribution in [0, 0.1) is 0 Å². The molecule has 0 aliphatic heterocycles. The van der Waals surface area contributed by atoms with Crippen molar-refractivity contribution < 1.29 is 14.3 Å². The number of hydrogen-bond donors (Lipinski definition) is 1. The van der Waals surface area contributed by atoms with E-state index in [-0.39, 0.29) is 25.0 Å². The molecule has 3 rings (SSSR count). The Hall–Kier alpha value is -3.31. The van der Waals surface area contributed by atoms with Crippen LogP contribution in [0.15, 0.2) is 78.9 Å². The van der Waals surface area contributed by atoms with Crippen LogP contribution >= 0.6 is 11.6 Å². The largest absolute Gasteiger partial charge is 0.484 e. The first kappa shape index (κ1) is 28.3. The molecule has 0 saturated heterocycles. The highest BCUT2D eigenvalue weighted by molar-refractivity contribution is 6.30. The topological polar surface area (TPSA) is 58.6 Å². The van der Waals surface area contributed by atoms with Crippen molar-refractivity contribution in [3.63, 3.8) is 0 Å². The van der Waals surface area contributed by atoms with Gasteiger partial charge in [-0.15, -0.1) is 0 Å². The fraction of sp³-hybridized carbons (Fsp3) is 0.355. The number of benzene rings is 3. The molecule has 0 unspecified atom stereocenters. The van der Waals surface area contributed by atoms with Gasteiger partial charge < -0.3 is 15.0 Å². The van der Waals surface area contributed by atoms with E-state index in [1.165, 1.54) is 5.56 Å². The molecule has 0 aliphatic rings. The van der Waals surface area contributed by atoms with Gasteiger partial charge in [0.1, 0.15) is 11.8 Å². The van der Waals surface area contributed by atoms with Crippen molar-refractivity contribution in [2.24, 2.45) is 0 Å². The van der Waals surface area contributed by atoms with E-state index in [2.05, 4.69) is 19.2 Å². The number of nitrogens with one attached hydrogen (secondary N) is 1. The number of halogens is 1. The summed E-state index contributed by atoms with van der Waals surface area (Å²) in [5.74, 6) is 0.543. The molecule has 0 bridgehead atoms. The van der Waals surface area contributed by atoms with Gasteiger partial charge in [0.15, 0.2) is 6.61 Å². The number of hydrogen-bond acceptors (Lipinski definition) is 3. The zero-order valence-corrected chi connectivity index (χ0v) is 23.1. The molecule has 2 amide bonds. The summed E-state index contributed by atoms with van der Waals surface area (Å²) in [5.41, 5.74) is 2.59. The Balaban J connectivity index is 1.89. The van der Waals surface area contributed by atoms with Crippen molar-refractivity contribution in [2.75, 3.05) is 6.61 Å². The van der Waals surface area contributed by atoms with Crippen molar-refractivity contribution in [3.05, 3.63) is 101 Å². The van der Waals surface area contributed by atoms with Gasteiger partial charge in [-0.25, -0.2) is 0 Å². The number of carbonyl (C=O) groups is 2. The normalized spacial score (nSPS) is 12.2. The lowest BCUT2D eigenvalue weighted by atomic mass is 10.0. The molecule has 0 heterocycles. The molecular weight excluding hydrogens is 484 g/mol. The lowest BCUT2D eigenvalue weighted by Crippen LogP contribution is -2.55. The average molecular weight is 521 g/mol. The highest BCUT2D eigenvalue weighted by atomic mass is 35.5. The molecule has 6 heteroatoms. The van der Waals surface area contributed by atoms with Crippen molar-refractivity contribution >= 4 is 23.4 Å². The summed E-state index contributed by atoms with van der Waals surface area (Å²) in [5, 5.41) is 3.68. The molecule has 1 atom stereocenters. The van der Waals surface area contributed by atoms with Gasteiger partial charge in [-0.2, -0.15) is 0 Å². The van der Waals surface area contributed by atoms with Crippen LogP contribution in [0.3, 0.4) is 0 Å². The molecule has 0 radical (unpaired) electrons. The number of amides is 2. The van der Waals surface area contributed by atoms with Crippen LogP contribution in [0.2, 0.25) is 5.02 Å². The average Bonchev–Trinajstić information content (AvgIpc) is 2.85. The maximum atomic E-state index is 13.7. The first-order valence-electron chi connectivity index (χ1n) is 12.6. The van der Waals surface area contributed by atoms with Crippen LogP contribution in [-0.2, 0) is 22.6 Å². The van der Waals surface area contributed by atoms with Crippen LogP contribution < -0.4 is 10.1 Å². The fourth-order valence-electron chi connectivity index (χ4n) is 3.97. The maximum absolute atomic E-state index is 13.7. The summed E-state index contributed by atoms with van der Waals surface area (Å²) in [6.07, 6.45) is 0.380. The van der Waals surface area contributed by atoms with Gasteiger partial charge in [0.2, 0.25) is 5.91 Å². The SMILES string of the molecule is CC(C)c1ccc(OCC(=O)N(Cc2ccc(Cl)cc2)[C@@H](Cc2ccccc2)C(=O)NC(C)(C)C)cc1. The van der Waals surface area contributed by atoms with E-state index in [0.717, 1.165) is 11.1 Å². The molecule has 196 valence electrons.